The topological polar surface area (TPSA) is 34.6 Å². The van der Waals surface area contributed by atoms with Crippen LogP contribution in [0.25, 0.3) is 10.9 Å². The maximum absolute atomic E-state index is 5.92. The van der Waals surface area contributed by atoms with Crippen LogP contribution < -0.4 is 9.47 Å². The molecule has 4 nitrogen and oxygen atoms in total. The number of hydrogen-bond acceptors (Lipinski definition) is 4. The Morgan fingerprint density at radius 3 is 2.65 bits per heavy atom. The third kappa shape index (κ3) is 3.39. The normalized spacial score (nSPS) is 11.0. The molecule has 2 aromatic rings. The van der Waals surface area contributed by atoms with Gasteiger partial charge in [0, 0.05) is 18.1 Å². The molecule has 0 aliphatic rings. The Bertz CT molecular complexity index is 553. The van der Waals surface area contributed by atoms with E-state index < -0.39 is 0 Å². The predicted octanol–water partition coefficient (Wildman–Crippen LogP) is 2.96. The summed E-state index contributed by atoms with van der Waals surface area (Å²) in [4.78, 5) is 6.68. The van der Waals surface area contributed by atoms with Crippen LogP contribution >= 0.6 is 0 Å². The lowest BCUT2D eigenvalue weighted by molar-refractivity contribution is 0.224. The summed E-state index contributed by atoms with van der Waals surface area (Å²) in [6.07, 6.45) is 1.78. The van der Waals surface area contributed by atoms with E-state index in [2.05, 4.69) is 23.7 Å². The summed E-state index contributed by atoms with van der Waals surface area (Å²) in [5.74, 6) is 1.68. The molecule has 0 spiro atoms. The van der Waals surface area contributed by atoms with E-state index in [-0.39, 0.29) is 0 Å². The summed E-state index contributed by atoms with van der Waals surface area (Å²) < 4.78 is 11.2. The van der Waals surface area contributed by atoms with E-state index in [1.807, 2.05) is 24.3 Å². The zero-order chi connectivity index (χ0) is 14.4. The van der Waals surface area contributed by atoms with Gasteiger partial charge in [-0.2, -0.15) is 0 Å². The number of nitrogens with zero attached hydrogens (tertiary/aromatic N) is 2. The van der Waals surface area contributed by atoms with Gasteiger partial charge in [-0.05, 0) is 37.4 Å². The Morgan fingerprint density at radius 1 is 1.15 bits per heavy atom. The van der Waals surface area contributed by atoms with E-state index in [0.717, 1.165) is 42.0 Å². The molecule has 0 saturated heterocycles. The molecule has 1 aromatic carbocycles. The van der Waals surface area contributed by atoms with E-state index in [0.29, 0.717) is 6.61 Å². The molecule has 0 radical (unpaired) electrons. The minimum atomic E-state index is 0.679. The first-order valence-corrected chi connectivity index (χ1v) is 7.06. The van der Waals surface area contributed by atoms with Gasteiger partial charge < -0.3 is 14.4 Å². The van der Waals surface area contributed by atoms with Crippen molar-refractivity contribution in [2.75, 3.05) is 33.4 Å². The lowest BCUT2D eigenvalue weighted by Gasteiger charge is -2.18. The molecule has 1 heterocycles. The van der Waals surface area contributed by atoms with Gasteiger partial charge in [-0.25, -0.2) is 0 Å². The molecule has 0 bridgehead atoms. The number of rotatable bonds is 7. The molecule has 20 heavy (non-hydrogen) atoms. The van der Waals surface area contributed by atoms with Crippen LogP contribution in [0.5, 0.6) is 11.5 Å². The van der Waals surface area contributed by atoms with Crippen molar-refractivity contribution in [3.05, 3.63) is 30.5 Å². The summed E-state index contributed by atoms with van der Waals surface area (Å²) in [7, 11) is 1.67. The second-order valence-corrected chi connectivity index (χ2v) is 4.57. The Labute approximate surface area is 120 Å². The van der Waals surface area contributed by atoms with Gasteiger partial charge >= 0.3 is 0 Å². The van der Waals surface area contributed by atoms with Crippen LogP contribution in [0.3, 0.4) is 0 Å². The maximum atomic E-state index is 5.92. The number of fused-ring (bicyclic) bond motifs is 1. The Kier molecular flexibility index (Phi) is 5.18. The van der Waals surface area contributed by atoms with E-state index in [4.69, 9.17) is 9.47 Å². The molecule has 0 saturated carbocycles. The Morgan fingerprint density at radius 2 is 1.95 bits per heavy atom. The van der Waals surface area contributed by atoms with Crippen molar-refractivity contribution in [2.24, 2.45) is 0 Å². The van der Waals surface area contributed by atoms with Crippen molar-refractivity contribution in [1.29, 1.82) is 0 Å². The van der Waals surface area contributed by atoms with Crippen molar-refractivity contribution < 1.29 is 9.47 Å². The van der Waals surface area contributed by atoms with Gasteiger partial charge in [0.25, 0.3) is 0 Å². The van der Waals surface area contributed by atoms with Crippen LogP contribution in [0, 0.1) is 0 Å². The van der Waals surface area contributed by atoms with E-state index in [9.17, 15) is 0 Å². The summed E-state index contributed by atoms with van der Waals surface area (Å²) >= 11 is 0. The average molecular weight is 274 g/mol. The van der Waals surface area contributed by atoms with Gasteiger partial charge in [0.2, 0.25) is 0 Å². The lowest BCUT2D eigenvalue weighted by Crippen LogP contribution is -2.27. The molecule has 108 valence electrons. The molecule has 1 aromatic heterocycles. The monoisotopic (exact) mass is 274 g/mol. The van der Waals surface area contributed by atoms with Crippen LogP contribution in [0.15, 0.2) is 30.5 Å². The number of pyridine rings is 1. The summed E-state index contributed by atoms with van der Waals surface area (Å²) in [6.45, 7) is 8.03. The fourth-order valence-corrected chi connectivity index (χ4v) is 2.18. The van der Waals surface area contributed by atoms with Crippen molar-refractivity contribution in [1.82, 2.24) is 9.88 Å². The third-order valence-electron chi connectivity index (χ3n) is 3.47. The van der Waals surface area contributed by atoms with Crippen molar-refractivity contribution in [3.63, 3.8) is 0 Å². The molecule has 4 heteroatoms. The average Bonchev–Trinajstić information content (AvgIpc) is 2.51. The smallest absolute Gasteiger partial charge is 0.130 e. The van der Waals surface area contributed by atoms with Crippen molar-refractivity contribution in [2.45, 2.75) is 13.8 Å². The van der Waals surface area contributed by atoms with Crippen LogP contribution in [-0.2, 0) is 0 Å². The summed E-state index contributed by atoms with van der Waals surface area (Å²) in [5, 5.41) is 0.992. The van der Waals surface area contributed by atoms with E-state index >= 15 is 0 Å². The predicted molar refractivity (Wildman–Crippen MR) is 81.6 cm³/mol. The molecular formula is C16H22N2O2. The SMILES string of the molecule is CCN(CC)CCOc1ccnc2ccc(OC)cc12. The first kappa shape index (κ1) is 14.6. The minimum absolute atomic E-state index is 0.679. The second-order valence-electron chi connectivity index (χ2n) is 4.57. The van der Waals surface area contributed by atoms with Crippen LogP contribution in [0.4, 0.5) is 0 Å². The van der Waals surface area contributed by atoms with Gasteiger partial charge in [0.05, 0.1) is 12.6 Å². The Hall–Kier alpha value is -1.81. The zero-order valence-electron chi connectivity index (χ0n) is 12.4. The highest BCUT2D eigenvalue weighted by Crippen LogP contribution is 2.27. The number of likely N-dealkylation sites (N-methyl/N-ethyl adjacent to an activating group) is 1. The largest absolute Gasteiger partial charge is 0.497 e. The molecule has 0 fully saturated rings. The number of benzene rings is 1. The van der Waals surface area contributed by atoms with Gasteiger partial charge in [0.15, 0.2) is 0 Å². The summed E-state index contributed by atoms with van der Waals surface area (Å²) in [6, 6.07) is 7.74. The van der Waals surface area contributed by atoms with E-state index in [1.165, 1.54) is 0 Å². The summed E-state index contributed by atoms with van der Waals surface area (Å²) in [5.41, 5.74) is 0.922. The quantitative estimate of drug-likeness (QED) is 0.777. The molecule has 0 aliphatic carbocycles. The van der Waals surface area contributed by atoms with Gasteiger partial charge in [-0.1, -0.05) is 13.8 Å². The molecule has 2 rings (SSSR count). The number of ether oxygens (including phenoxy) is 2. The maximum Gasteiger partial charge on any atom is 0.130 e. The molecule has 0 unspecified atom stereocenters. The lowest BCUT2D eigenvalue weighted by atomic mass is 10.2. The minimum Gasteiger partial charge on any atom is -0.497 e. The Balaban J connectivity index is 2.13. The first-order valence-electron chi connectivity index (χ1n) is 7.06. The standard InChI is InChI=1S/C16H22N2O2/c1-4-18(5-2)10-11-20-16-8-9-17-15-7-6-13(19-3)12-14(15)16/h6-9,12H,4-5,10-11H2,1-3H3. The molecule has 0 aliphatic heterocycles. The fourth-order valence-electron chi connectivity index (χ4n) is 2.18. The third-order valence-corrected chi connectivity index (χ3v) is 3.47. The zero-order valence-corrected chi connectivity index (χ0v) is 12.4. The fraction of sp³-hybridized carbons (Fsp3) is 0.438. The van der Waals surface area contributed by atoms with Crippen LogP contribution in [0.2, 0.25) is 0 Å². The van der Waals surface area contributed by atoms with Crippen LogP contribution in [0.1, 0.15) is 13.8 Å². The van der Waals surface area contributed by atoms with E-state index in [1.54, 1.807) is 13.3 Å². The number of hydrogen-bond donors (Lipinski definition) is 0. The molecule has 0 amide bonds. The van der Waals surface area contributed by atoms with Gasteiger partial charge in [0.1, 0.15) is 18.1 Å². The number of aromatic nitrogens is 1. The first-order chi connectivity index (χ1) is 9.78. The molecular weight excluding hydrogens is 252 g/mol. The highest BCUT2D eigenvalue weighted by Gasteiger charge is 2.06. The highest BCUT2D eigenvalue weighted by atomic mass is 16.5. The molecule has 0 atom stereocenters. The highest BCUT2D eigenvalue weighted by molar-refractivity contribution is 5.86. The second kappa shape index (κ2) is 7.10. The van der Waals surface area contributed by atoms with Gasteiger partial charge in [-0.3, -0.25) is 4.98 Å². The van der Waals surface area contributed by atoms with Gasteiger partial charge in [-0.15, -0.1) is 0 Å². The van der Waals surface area contributed by atoms with Crippen molar-refractivity contribution in [3.8, 4) is 11.5 Å². The number of methoxy groups -OCH3 is 1. The molecule has 0 N–H and O–H groups in total. The van der Waals surface area contributed by atoms with Crippen LogP contribution in [-0.4, -0.2) is 43.2 Å². The van der Waals surface area contributed by atoms with Crippen molar-refractivity contribution >= 4 is 10.9 Å².